The third kappa shape index (κ3) is 3.13. The molecule has 74 valence electrons. The zero-order valence-corrected chi connectivity index (χ0v) is 9.44. The summed E-state index contributed by atoms with van der Waals surface area (Å²) < 4.78 is 14.0. The minimum Gasteiger partial charge on any atom is -0.318 e. The van der Waals surface area contributed by atoms with Gasteiger partial charge in [0.25, 0.3) is 0 Å². The molecule has 0 saturated carbocycles. The summed E-state index contributed by atoms with van der Waals surface area (Å²) in [7, 11) is 0. The zero-order chi connectivity index (χ0) is 10.6. The van der Waals surface area contributed by atoms with Gasteiger partial charge in [0.15, 0.2) is 0 Å². The molecule has 0 saturated heterocycles. The molecule has 1 unspecified atom stereocenters. The second-order valence-electron chi connectivity index (χ2n) is 2.91. The number of hydrogen-bond acceptors (Lipinski definition) is 1. The first-order chi connectivity index (χ1) is 6.63. The molecule has 0 aromatic heterocycles. The molecule has 3 heteroatoms. The van der Waals surface area contributed by atoms with Crippen molar-refractivity contribution in [2.24, 2.45) is 5.73 Å². The second kappa shape index (κ2) is 5.14. The normalized spacial score (nSPS) is 11.7. The molecule has 0 radical (unpaired) electrons. The summed E-state index contributed by atoms with van der Waals surface area (Å²) in [5, 5.41) is 0. The van der Waals surface area contributed by atoms with Gasteiger partial charge in [-0.1, -0.05) is 34.7 Å². The van der Waals surface area contributed by atoms with Crippen molar-refractivity contribution in [1.29, 1.82) is 0 Å². The lowest BCUT2D eigenvalue weighted by atomic mass is 10.2. The Morgan fingerprint density at radius 3 is 2.93 bits per heavy atom. The Balaban J connectivity index is 2.94. The molecular weight excluding hydrogens is 245 g/mol. The van der Waals surface area contributed by atoms with Crippen LogP contribution in [-0.2, 0) is 0 Å². The van der Waals surface area contributed by atoms with E-state index < -0.39 is 0 Å². The van der Waals surface area contributed by atoms with Crippen molar-refractivity contribution in [1.82, 2.24) is 0 Å². The highest BCUT2D eigenvalue weighted by Gasteiger charge is 1.99. The van der Waals surface area contributed by atoms with Crippen molar-refractivity contribution in [3.63, 3.8) is 0 Å². The minimum atomic E-state index is -0.316. The first-order valence-electron chi connectivity index (χ1n) is 4.35. The maximum absolute atomic E-state index is 13.2. The Hall–Kier alpha value is -0.850. The molecule has 1 aromatic carbocycles. The Bertz CT molecular complexity index is 379. The zero-order valence-electron chi connectivity index (χ0n) is 7.85. The standard InChI is InChI=1S/C11H11BrFN/c1-2-10(14)5-3-8-7-9(12)4-6-11(8)13/h4,6-7,10H,2,14H2,1H3. The highest BCUT2D eigenvalue weighted by atomic mass is 79.9. The summed E-state index contributed by atoms with van der Waals surface area (Å²) in [5.74, 6) is 5.19. The number of nitrogens with two attached hydrogens (primary N) is 1. The Morgan fingerprint density at radius 1 is 1.57 bits per heavy atom. The van der Waals surface area contributed by atoms with Crippen LogP contribution in [0.3, 0.4) is 0 Å². The molecule has 1 aromatic rings. The largest absolute Gasteiger partial charge is 0.318 e. The van der Waals surface area contributed by atoms with E-state index in [2.05, 4.69) is 27.8 Å². The van der Waals surface area contributed by atoms with Gasteiger partial charge in [-0.05, 0) is 24.6 Å². The molecule has 1 nitrogen and oxygen atoms in total. The summed E-state index contributed by atoms with van der Waals surface area (Å²) in [6.45, 7) is 1.94. The fraction of sp³-hybridized carbons (Fsp3) is 0.273. The van der Waals surface area contributed by atoms with Crippen LogP contribution in [0.5, 0.6) is 0 Å². The molecule has 0 amide bonds. The van der Waals surface area contributed by atoms with Crippen LogP contribution in [0.15, 0.2) is 22.7 Å². The van der Waals surface area contributed by atoms with E-state index in [1.54, 1.807) is 12.1 Å². The Labute approximate surface area is 91.6 Å². The summed E-state index contributed by atoms with van der Waals surface area (Å²) in [6.07, 6.45) is 0.766. The molecule has 2 N–H and O–H groups in total. The van der Waals surface area contributed by atoms with Crippen LogP contribution in [0.4, 0.5) is 4.39 Å². The van der Waals surface area contributed by atoms with Gasteiger partial charge in [-0.15, -0.1) is 0 Å². The summed E-state index contributed by atoms with van der Waals surface area (Å²) >= 11 is 3.25. The Kier molecular flexibility index (Phi) is 4.12. The summed E-state index contributed by atoms with van der Waals surface area (Å²) in [6, 6.07) is 4.48. The van der Waals surface area contributed by atoms with E-state index in [9.17, 15) is 4.39 Å². The van der Waals surface area contributed by atoms with Crippen molar-refractivity contribution in [3.05, 3.63) is 34.1 Å². The highest BCUT2D eigenvalue weighted by molar-refractivity contribution is 9.10. The molecule has 0 fully saturated rings. The molecule has 0 aliphatic heterocycles. The lowest BCUT2D eigenvalue weighted by Gasteiger charge is -1.97. The van der Waals surface area contributed by atoms with Crippen LogP contribution < -0.4 is 5.73 Å². The first-order valence-corrected chi connectivity index (χ1v) is 5.15. The molecule has 0 bridgehead atoms. The lowest BCUT2D eigenvalue weighted by Crippen LogP contribution is -2.15. The van der Waals surface area contributed by atoms with Crippen molar-refractivity contribution in [2.45, 2.75) is 19.4 Å². The molecule has 1 rings (SSSR count). The van der Waals surface area contributed by atoms with Crippen LogP contribution in [-0.4, -0.2) is 6.04 Å². The first kappa shape index (κ1) is 11.2. The van der Waals surface area contributed by atoms with Gasteiger partial charge in [0.1, 0.15) is 5.82 Å². The van der Waals surface area contributed by atoms with Gasteiger partial charge in [0.05, 0.1) is 11.6 Å². The monoisotopic (exact) mass is 255 g/mol. The van der Waals surface area contributed by atoms with E-state index in [0.717, 1.165) is 10.9 Å². The second-order valence-corrected chi connectivity index (χ2v) is 3.82. The topological polar surface area (TPSA) is 26.0 Å². The van der Waals surface area contributed by atoms with Gasteiger partial charge in [-0.25, -0.2) is 4.39 Å². The lowest BCUT2D eigenvalue weighted by molar-refractivity contribution is 0.624. The van der Waals surface area contributed by atoms with Crippen LogP contribution in [0.25, 0.3) is 0 Å². The van der Waals surface area contributed by atoms with E-state index in [1.165, 1.54) is 6.07 Å². The van der Waals surface area contributed by atoms with Gasteiger partial charge in [-0.3, -0.25) is 0 Å². The number of benzene rings is 1. The Morgan fingerprint density at radius 2 is 2.29 bits per heavy atom. The molecule has 0 heterocycles. The third-order valence-electron chi connectivity index (χ3n) is 1.76. The molecule has 14 heavy (non-hydrogen) atoms. The van der Waals surface area contributed by atoms with Crippen molar-refractivity contribution >= 4 is 15.9 Å². The van der Waals surface area contributed by atoms with Crippen molar-refractivity contribution < 1.29 is 4.39 Å². The maximum atomic E-state index is 13.2. The van der Waals surface area contributed by atoms with Gasteiger partial charge in [0.2, 0.25) is 0 Å². The number of halogens is 2. The van der Waals surface area contributed by atoms with E-state index in [1.807, 2.05) is 6.92 Å². The van der Waals surface area contributed by atoms with Gasteiger partial charge >= 0.3 is 0 Å². The number of hydrogen-bond donors (Lipinski definition) is 1. The smallest absolute Gasteiger partial charge is 0.138 e. The highest BCUT2D eigenvalue weighted by Crippen LogP contribution is 2.14. The minimum absolute atomic E-state index is 0.187. The number of rotatable bonds is 1. The SMILES string of the molecule is CCC(N)C#Cc1cc(Br)ccc1F. The van der Waals surface area contributed by atoms with Gasteiger partial charge < -0.3 is 5.73 Å². The third-order valence-corrected chi connectivity index (χ3v) is 2.25. The van der Waals surface area contributed by atoms with Crippen molar-refractivity contribution in [2.75, 3.05) is 0 Å². The van der Waals surface area contributed by atoms with Crippen LogP contribution >= 0.6 is 15.9 Å². The van der Waals surface area contributed by atoms with Crippen molar-refractivity contribution in [3.8, 4) is 11.8 Å². The van der Waals surface area contributed by atoms with Gasteiger partial charge in [-0.2, -0.15) is 0 Å². The van der Waals surface area contributed by atoms with E-state index in [4.69, 9.17) is 5.73 Å². The predicted octanol–water partition coefficient (Wildman–Crippen LogP) is 2.68. The summed E-state index contributed by atoms with van der Waals surface area (Å²) in [4.78, 5) is 0. The van der Waals surface area contributed by atoms with E-state index in [-0.39, 0.29) is 11.9 Å². The molecular formula is C11H11BrFN. The molecule has 0 aliphatic carbocycles. The maximum Gasteiger partial charge on any atom is 0.138 e. The fourth-order valence-electron chi connectivity index (χ4n) is 0.866. The van der Waals surface area contributed by atoms with Crippen LogP contribution in [0.2, 0.25) is 0 Å². The fourth-order valence-corrected chi connectivity index (χ4v) is 1.23. The summed E-state index contributed by atoms with van der Waals surface area (Å²) in [5.41, 5.74) is 5.98. The quantitative estimate of drug-likeness (QED) is 0.768. The van der Waals surface area contributed by atoms with Gasteiger partial charge in [0, 0.05) is 4.47 Å². The van der Waals surface area contributed by atoms with Crippen LogP contribution in [0, 0.1) is 17.7 Å². The molecule has 0 aliphatic rings. The molecule has 1 atom stereocenters. The van der Waals surface area contributed by atoms with E-state index in [0.29, 0.717) is 5.56 Å². The van der Waals surface area contributed by atoms with Crippen LogP contribution in [0.1, 0.15) is 18.9 Å². The molecule has 0 spiro atoms. The average molecular weight is 256 g/mol. The van der Waals surface area contributed by atoms with E-state index >= 15 is 0 Å². The average Bonchev–Trinajstić information content (AvgIpc) is 2.19. The predicted molar refractivity (Wildman–Crippen MR) is 59.2 cm³/mol.